The molecule has 0 bridgehead atoms. The van der Waals surface area contributed by atoms with Gasteiger partial charge < -0.3 is 9.64 Å². The van der Waals surface area contributed by atoms with Gasteiger partial charge in [0.2, 0.25) is 0 Å². The van der Waals surface area contributed by atoms with Crippen LogP contribution in [0, 0.1) is 17.0 Å². The molecule has 2 heterocycles. The fourth-order valence-electron chi connectivity index (χ4n) is 4.95. The first-order valence-electron chi connectivity index (χ1n) is 12.2. The highest BCUT2D eigenvalue weighted by Gasteiger charge is 2.26. The lowest BCUT2D eigenvalue weighted by Gasteiger charge is -2.41. The van der Waals surface area contributed by atoms with E-state index in [1.165, 1.54) is 23.4 Å². The Labute approximate surface area is 214 Å². The summed E-state index contributed by atoms with van der Waals surface area (Å²) in [5.41, 5.74) is 3.00. The topological polar surface area (TPSA) is 93.7 Å². The Bertz CT molecular complexity index is 1520. The zero-order valence-corrected chi connectivity index (χ0v) is 21.1. The molecule has 3 aromatic carbocycles. The first-order valence-corrected chi connectivity index (χ1v) is 12.2. The van der Waals surface area contributed by atoms with Gasteiger partial charge in [-0.15, -0.1) is 0 Å². The van der Waals surface area contributed by atoms with Gasteiger partial charge in [0.15, 0.2) is 0 Å². The van der Waals surface area contributed by atoms with Gasteiger partial charge in [-0.2, -0.15) is 0 Å². The molecule has 1 atom stereocenters. The van der Waals surface area contributed by atoms with E-state index in [1.807, 2.05) is 12.1 Å². The molecule has 0 amide bonds. The summed E-state index contributed by atoms with van der Waals surface area (Å²) in [6.45, 7) is 7.22. The molecule has 5 rings (SSSR count). The molecule has 37 heavy (non-hydrogen) atoms. The molecular formula is C28H29N5O4. The molecule has 0 saturated carbocycles. The van der Waals surface area contributed by atoms with Crippen molar-refractivity contribution < 1.29 is 9.66 Å². The van der Waals surface area contributed by atoms with Crippen molar-refractivity contribution >= 4 is 22.3 Å². The second kappa shape index (κ2) is 10.0. The third kappa shape index (κ3) is 4.90. The van der Waals surface area contributed by atoms with Gasteiger partial charge >= 0.3 is 0 Å². The van der Waals surface area contributed by atoms with E-state index in [0.717, 1.165) is 19.6 Å². The quantitative estimate of drug-likeness (QED) is 0.288. The lowest BCUT2D eigenvalue weighted by Crippen LogP contribution is -2.52. The van der Waals surface area contributed by atoms with Gasteiger partial charge in [0.1, 0.15) is 11.6 Å². The van der Waals surface area contributed by atoms with E-state index in [9.17, 15) is 14.9 Å². The smallest absolute Gasteiger partial charge is 0.270 e. The summed E-state index contributed by atoms with van der Waals surface area (Å²) in [5, 5.41) is 11.6. The Morgan fingerprint density at radius 1 is 1.05 bits per heavy atom. The van der Waals surface area contributed by atoms with Gasteiger partial charge in [0.25, 0.3) is 11.2 Å². The first kappa shape index (κ1) is 24.5. The van der Waals surface area contributed by atoms with E-state index in [-0.39, 0.29) is 22.7 Å². The van der Waals surface area contributed by atoms with E-state index in [1.54, 1.807) is 29.9 Å². The number of rotatable bonds is 6. The number of nitro groups is 1. The number of ether oxygens (including phenoxy) is 1. The van der Waals surface area contributed by atoms with E-state index >= 15 is 0 Å². The summed E-state index contributed by atoms with van der Waals surface area (Å²) in [6, 6.07) is 20.3. The lowest BCUT2D eigenvalue weighted by atomic mass is 10.1. The molecule has 1 aliphatic rings. The predicted molar refractivity (Wildman–Crippen MR) is 144 cm³/mol. The fraction of sp³-hybridized carbons (Fsp3) is 0.286. The summed E-state index contributed by atoms with van der Waals surface area (Å²) < 4.78 is 6.93. The molecule has 9 nitrogen and oxygen atoms in total. The number of anilines is 1. The molecule has 0 radical (unpaired) electrons. The van der Waals surface area contributed by atoms with Crippen molar-refractivity contribution in [2.45, 2.75) is 26.4 Å². The number of fused-ring (bicyclic) bond motifs is 1. The van der Waals surface area contributed by atoms with Gasteiger partial charge in [0.05, 0.1) is 35.2 Å². The van der Waals surface area contributed by atoms with Crippen LogP contribution in [0.2, 0.25) is 0 Å². The molecule has 4 aromatic rings. The van der Waals surface area contributed by atoms with Crippen LogP contribution in [-0.4, -0.2) is 52.2 Å². The maximum Gasteiger partial charge on any atom is 0.270 e. The summed E-state index contributed by atoms with van der Waals surface area (Å²) >= 11 is 0. The number of hydrogen-bond donors (Lipinski definition) is 0. The summed E-state index contributed by atoms with van der Waals surface area (Å²) in [7, 11) is 1.57. The standard InChI is InChI=1S/C28H29N5O4/c1-19-7-9-21(10-8-19)31-14-13-30(17-20(31)2)18-27-29-26-12-11-23(33(35)36)16-25(26)28(34)32(27)22-5-4-6-24(15-22)37-3/h4-12,15-16,20H,13-14,17-18H2,1-3H3/t20-/m0/s1. The maximum absolute atomic E-state index is 13.7. The average Bonchev–Trinajstić information content (AvgIpc) is 2.89. The molecule has 0 unspecified atom stereocenters. The number of hydrogen-bond acceptors (Lipinski definition) is 7. The van der Waals surface area contributed by atoms with Crippen molar-refractivity contribution in [3.05, 3.63) is 98.6 Å². The normalized spacial score (nSPS) is 16.2. The van der Waals surface area contributed by atoms with Crippen LogP contribution < -0.4 is 15.2 Å². The van der Waals surface area contributed by atoms with Crippen molar-refractivity contribution in [1.29, 1.82) is 0 Å². The molecule has 0 spiro atoms. The summed E-state index contributed by atoms with van der Waals surface area (Å²) in [6.07, 6.45) is 0. The number of non-ortho nitro benzene ring substituents is 1. The first-order chi connectivity index (χ1) is 17.8. The summed E-state index contributed by atoms with van der Waals surface area (Å²) in [4.78, 5) is 34.1. The Balaban J connectivity index is 1.52. The van der Waals surface area contributed by atoms with Crippen molar-refractivity contribution in [3.63, 3.8) is 0 Å². The Morgan fingerprint density at radius 3 is 2.54 bits per heavy atom. The number of aryl methyl sites for hydroxylation is 1. The van der Waals surface area contributed by atoms with E-state index < -0.39 is 4.92 Å². The van der Waals surface area contributed by atoms with Gasteiger partial charge in [-0.05, 0) is 44.2 Å². The van der Waals surface area contributed by atoms with Crippen molar-refractivity contribution in [2.24, 2.45) is 0 Å². The molecule has 190 valence electrons. The monoisotopic (exact) mass is 499 g/mol. The van der Waals surface area contributed by atoms with E-state index in [4.69, 9.17) is 9.72 Å². The minimum absolute atomic E-state index is 0.141. The highest BCUT2D eigenvalue weighted by Crippen LogP contribution is 2.24. The highest BCUT2D eigenvalue weighted by atomic mass is 16.6. The van der Waals surface area contributed by atoms with Gasteiger partial charge in [-0.25, -0.2) is 4.98 Å². The molecule has 0 N–H and O–H groups in total. The highest BCUT2D eigenvalue weighted by molar-refractivity contribution is 5.80. The number of methoxy groups -OCH3 is 1. The second-order valence-corrected chi connectivity index (χ2v) is 9.44. The molecule has 1 aliphatic heterocycles. The van der Waals surface area contributed by atoms with Crippen LogP contribution >= 0.6 is 0 Å². The van der Waals surface area contributed by atoms with Crippen LogP contribution in [0.3, 0.4) is 0 Å². The minimum Gasteiger partial charge on any atom is -0.497 e. The number of piperazine rings is 1. The minimum atomic E-state index is -0.502. The van der Waals surface area contributed by atoms with Crippen LogP contribution in [0.25, 0.3) is 16.6 Å². The Kier molecular flexibility index (Phi) is 6.62. The molecule has 1 aromatic heterocycles. The average molecular weight is 500 g/mol. The third-order valence-corrected chi connectivity index (χ3v) is 6.89. The molecule has 0 aliphatic carbocycles. The largest absolute Gasteiger partial charge is 0.497 e. The molecule has 9 heteroatoms. The van der Waals surface area contributed by atoms with Gasteiger partial charge in [0, 0.05) is 49.6 Å². The van der Waals surface area contributed by atoms with Crippen LogP contribution in [0.15, 0.2) is 71.5 Å². The van der Waals surface area contributed by atoms with Gasteiger partial charge in [-0.1, -0.05) is 23.8 Å². The van der Waals surface area contributed by atoms with E-state index in [0.29, 0.717) is 29.3 Å². The van der Waals surface area contributed by atoms with Crippen LogP contribution in [0.5, 0.6) is 5.75 Å². The zero-order chi connectivity index (χ0) is 26.1. The maximum atomic E-state index is 13.7. The number of nitro benzene ring substituents is 1. The Hall–Kier alpha value is -4.24. The van der Waals surface area contributed by atoms with Crippen molar-refractivity contribution in [3.8, 4) is 11.4 Å². The zero-order valence-electron chi connectivity index (χ0n) is 21.1. The third-order valence-electron chi connectivity index (χ3n) is 6.89. The van der Waals surface area contributed by atoms with Crippen LogP contribution in [-0.2, 0) is 6.54 Å². The molecule has 1 fully saturated rings. The van der Waals surface area contributed by atoms with Crippen molar-refractivity contribution in [1.82, 2.24) is 14.5 Å². The van der Waals surface area contributed by atoms with Crippen LogP contribution in [0.4, 0.5) is 11.4 Å². The van der Waals surface area contributed by atoms with Crippen molar-refractivity contribution in [2.75, 3.05) is 31.6 Å². The Morgan fingerprint density at radius 2 is 1.84 bits per heavy atom. The predicted octanol–water partition coefficient (Wildman–Crippen LogP) is 4.32. The summed E-state index contributed by atoms with van der Waals surface area (Å²) in [5.74, 6) is 1.19. The SMILES string of the molecule is COc1cccc(-n2c(CN3CCN(c4ccc(C)cc4)[C@@H](C)C3)nc3ccc([N+](=O)[O-])cc3c2=O)c1. The lowest BCUT2D eigenvalue weighted by molar-refractivity contribution is -0.384. The number of benzene rings is 3. The molecule has 1 saturated heterocycles. The fourth-order valence-corrected chi connectivity index (χ4v) is 4.95. The molecular weight excluding hydrogens is 470 g/mol. The van der Waals surface area contributed by atoms with Crippen LogP contribution in [0.1, 0.15) is 18.3 Å². The number of nitrogens with zero attached hydrogens (tertiary/aromatic N) is 5. The second-order valence-electron chi connectivity index (χ2n) is 9.44. The number of aromatic nitrogens is 2. The van der Waals surface area contributed by atoms with Gasteiger partial charge in [-0.3, -0.25) is 24.4 Å². The van der Waals surface area contributed by atoms with E-state index in [2.05, 4.69) is 47.9 Å².